The van der Waals surface area contributed by atoms with Crippen molar-refractivity contribution < 1.29 is 4.79 Å². The second kappa shape index (κ2) is 6.29. The van der Waals surface area contributed by atoms with E-state index in [4.69, 9.17) is 0 Å². The number of carbonyl (C=O) groups excluding carboxylic acids is 1. The van der Waals surface area contributed by atoms with E-state index < -0.39 is 0 Å². The number of benzene rings is 2. The number of rotatable bonds is 3. The minimum absolute atomic E-state index is 0.0923. The SMILES string of the molecule is Cc1cc(Br)ccc1N(C)C(=O)c1cccc(-n2cnnn2)c1. The fourth-order valence-corrected chi connectivity index (χ4v) is 2.83. The van der Waals surface area contributed by atoms with E-state index in [0.717, 1.165) is 21.4 Å². The third kappa shape index (κ3) is 3.14. The molecule has 0 aliphatic carbocycles. The standard InChI is InChI=1S/C16H14BrN5O/c1-11-8-13(17)6-7-15(11)21(2)16(23)12-4-3-5-14(9-12)22-10-18-19-20-22/h3-10H,1-2H3. The number of hydrogen-bond acceptors (Lipinski definition) is 4. The van der Waals surface area contributed by atoms with Crippen molar-refractivity contribution in [2.75, 3.05) is 11.9 Å². The van der Waals surface area contributed by atoms with E-state index in [-0.39, 0.29) is 5.91 Å². The van der Waals surface area contributed by atoms with Crippen LogP contribution in [0.4, 0.5) is 5.69 Å². The highest BCUT2D eigenvalue weighted by Gasteiger charge is 2.16. The van der Waals surface area contributed by atoms with Crippen LogP contribution in [0.3, 0.4) is 0 Å². The van der Waals surface area contributed by atoms with Crippen molar-refractivity contribution in [2.24, 2.45) is 0 Å². The van der Waals surface area contributed by atoms with E-state index in [1.165, 1.54) is 11.0 Å². The van der Waals surface area contributed by atoms with Gasteiger partial charge >= 0.3 is 0 Å². The number of tetrazole rings is 1. The van der Waals surface area contributed by atoms with Crippen molar-refractivity contribution >= 4 is 27.5 Å². The minimum Gasteiger partial charge on any atom is -0.311 e. The van der Waals surface area contributed by atoms with Gasteiger partial charge in [-0.05, 0) is 59.3 Å². The maximum atomic E-state index is 12.8. The zero-order valence-corrected chi connectivity index (χ0v) is 14.2. The Morgan fingerprint density at radius 3 is 2.74 bits per heavy atom. The quantitative estimate of drug-likeness (QED) is 0.709. The molecule has 6 nitrogen and oxygen atoms in total. The first kappa shape index (κ1) is 15.4. The van der Waals surface area contributed by atoms with Gasteiger partial charge in [0.05, 0.1) is 5.69 Å². The van der Waals surface area contributed by atoms with Crippen LogP contribution in [0.1, 0.15) is 15.9 Å². The van der Waals surface area contributed by atoms with Gasteiger partial charge in [0.1, 0.15) is 6.33 Å². The van der Waals surface area contributed by atoms with Crippen molar-refractivity contribution in [3.63, 3.8) is 0 Å². The van der Waals surface area contributed by atoms with Gasteiger partial charge in [-0.2, -0.15) is 0 Å². The van der Waals surface area contributed by atoms with Gasteiger partial charge < -0.3 is 4.90 Å². The molecular formula is C16H14BrN5O. The fourth-order valence-electron chi connectivity index (χ4n) is 2.36. The molecule has 0 atom stereocenters. The van der Waals surface area contributed by atoms with E-state index in [1.807, 2.05) is 37.3 Å². The van der Waals surface area contributed by atoms with Gasteiger partial charge in [-0.3, -0.25) is 4.79 Å². The normalized spacial score (nSPS) is 10.6. The van der Waals surface area contributed by atoms with Gasteiger partial charge in [0.15, 0.2) is 0 Å². The second-order valence-electron chi connectivity index (χ2n) is 5.10. The molecule has 116 valence electrons. The molecule has 0 aliphatic heterocycles. The van der Waals surface area contributed by atoms with Crippen LogP contribution in [0.25, 0.3) is 5.69 Å². The highest BCUT2D eigenvalue weighted by Crippen LogP contribution is 2.24. The monoisotopic (exact) mass is 371 g/mol. The molecule has 23 heavy (non-hydrogen) atoms. The summed E-state index contributed by atoms with van der Waals surface area (Å²) >= 11 is 3.43. The van der Waals surface area contributed by atoms with Crippen LogP contribution in [0, 0.1) is 6.92 Å². The fraction of sp³-hybridized carbons (Fsp3) is 0.125. The predicted octanol–water partition coefficient (Wildman–Crippen LogP) is 3.01. The lowest BCUT2D eigenvalue weighted by molar-refractivity contribution is 0.0993. The Morgan fingerprint density at radius 2 is 2.04 bits per heavy atom. The second-order valence-corrected chi connectivity index (χ2v) is 6.02. The van der Waals surface area contributed by atoms with Crippen LogP contribution < -0.4 is 4.90 Å². The van der Waals surface area contributed by atoms with E-state index >= 15 is 0 Å². The summed E-state index contributed by atoms with van der Waals surface area (Å²) < 4.78 is 2.50. The van der Waals surface area contributed by atoms with Crippen molar-refractivity contribution in [3.8, 4) is 5.69 Å². The van der Waals surface area contributed by atoms with Crippen molar-refractivity contribution in [1.29, 1.82) is 0 Å². The number of nitrogens with zero attached hydrogens (tertiary/aromatic N) is 5. The molecule has 0 bridgehead atoms. The Morgan fingerprint density at radius 1 is 1.22 bits per heavy atom. The van der Waals surface area contributed by atoms with Gasteiger partial charge in [-0.15, -0.1) is 5.10 Å². The lowest BCUT2D eigenvalue weighted by Crippen LogP contribution is -2.27. The Kier molecular flexibility index (Phi) is 4.20. The van der Waals surface area contributed by atoms with E-state index in [0.29, 0.717) is 5.56 Å². The molecule has 3 rings (SSSR count). The number of hydrogen-bond donors (Lipinski definition) is 0. The molecule has 0 unspecified atom stereocenters. The van der Waals surface area contributed by atoms with Gasteiger partial charge in [0.25, 0.3) is 5.91 Å². The largest absolute Gasteiger partial charge is 0.311 e. The molecule has 0 aliphatic rings. The van der Waals surface area contributed by atoms with Crippen molar-refractivity contribution in [1.82, 2.24) is 20.2 Å². The first-order valence-corrected chi connectivity index (χ1v) is 7.73. The Bertz CT molecular complexity index is 847. The summed E-state index contributed by atoms with van der Waals surface area (Å²) in [6.45, 7) is 1.97. The zero-order valence-electron chi connectivity index (χ0n) is 12.6. The molecule has 3 aromatic rings. The molecule has 7 heteroatoms. The zero-order chi connectivity index (χ0) is 16.4. The van der Waals surface area contributed by atoms with E-state index in [2.05, 4.69) is 31.5 Å². The lowest BCUT2D eigenvalue weighted by Gasteiger charge is -2.20. The van der Waals surface area contributed by atoms with Crippen LogP contribution in [-0.2, 0) is 0 Å². The number of halogens is 1. The smallest absolute Gasteiger partial charge is 0.258 e. The Labute approximate surface area is 141 Å². The predicted molar refractivity (Wildman–Crippen MR) is 90.8 cm³/mol. The van der Waals surface area contributed by atoms with E-state index in [9.17, 15) is 4.79 Å². The number of carbonyl (C=O) groups is 1. The molecule has 0 fully saturated rings. The first-order chi connectivity index (χ1) is 11.1. The third-order valence-corrected chi connectivity index (χ3v) is 4.02. The van der Waals surface area contributed by atoms with Crippen LogP contribution in [0.15, 0.2) is 53.3 Å². The molecule has 0 N–H and O–H groups in total. The Balaban J connectivity index is 1.92. The van der Waals surface area contributed by atoms with Crippen LogP contribution in [-0.4, -0.2) is 33.2 Å². The molecule has 2 aromatic carbocycles. The topological polar surface area (TPSA) is 63.9 Å². The van der Waals surface area contributed by atoms with Crippen LogP contribution in [0.2, 0.25) is 0 Å². The summed E-state index contributed by atoms with van der Waals surface area (Å²) in [5.74, 6) is -0.0923. The number of anilines is 1. The third-order valence-electron chi connectivity index (χ3n) is 3.53. The Hall–Kier alpha value is -2.54. The summed E-state index contributed by atoms with van der Waals surface area (Å²) in [6, 6.07) is 13.0. The summed E-state index contributed by atoms with van der Waals surface area (Å²) in [5.41, 5.74) is 3.20. The maximum absolute atomic E-state index is 12.8. The molecule has 1 amide bonds. The minimum atomic E-state index is -0.0923. The van der Waals surface area contributed by atoms with Gasteiger partial charge in [-0.1, -0.05) is 22.0 Å². The summed E-state index contributed by atoms with van der Waals surface area (Å²) in [6.07, 6.45) is 1.49. The summed E-state index contributed by atoms with van der Waals surface area (Å²) in [5, 5.41) is 11.1. The van der Waals surface area contributed by atoms with Gasteiger partial charge in [0.2, 0.25) is 0 Å². The highest BCUT2D eigenvalue weighted by atomic mass is 79.9. The number of amides is 1. The van der Waals surface area contributed by atoms with Gasteiger partial charge in [0, 0.05) is 22.8 Å². The average molecular weight is 372 g/mol. The summed E-state index contributed by atoms with van der Waals surface area (Å²) in [4.78, 5) is 14.4. The van der Waals surface area contributed by atoms with Crippen molar-refractivity contribution in [2.45, 2.75) is 6.92 Å². The average Bonchev–Trinajstić information content (AvgIpc) is 3.08. The highest BCUT2D eigenvalue weighted by molar-refractivity contribution is 9.10. The van der Waals surface area contributed by atoms with Crippen LogP contribution >= 0.6 is 15.9 Å². The number of aryl methyl sites for hydroxylation is 1. The van der Waals surface area contributed by atoms with E-state index in [1.54, 1.807) is 24.1 Å². The molecule has 1 aromatic heterocycles. The molecular weight excluding hydrogens is 358 g/mol. The molecule has 0 radical (unpaired) electrons. The molecule has 0 saturated carbocycles. The first-order valence-electron chi connectivity index (χ1n) is 6.94. The van der Waals surface area contributed by atoms with Crippen molar-refractivity contribution in [3.05, 3.63) is 64.4 Å². The number of aromatic nitrogens is 4. The van der Waals surface area contributed by atoms with Crippen LogP contribution in [0.5, 0.6) is 0 Å². The lowest BCUT2D eigenvalue weighted by atomic mass is 10.1. The van der Waals surface area contributed by atoms with Gasteiger partial charge in [-0.25, -0.2) is 4.68 Å². The molecule has 0 saturated heterocycles. The summed E-state index contributed by atoms with van der Waals surface area (Å²) in [7, 11) is 1.77. The molecule has 0 spiro atoms. The molecule has 1 heterocycles. The maximum Gasteiger partial charge on any atom is 0.258 e.